The highest BCUT2D eigenvalue weighted by Gasteiger charge is 2.29. The van der Waals surface area contributed by atoms with Gasteiger partial charge in [0.15, 0.2) is 0 Å². The molecule has 0 aromatic heterocycles. The summed E-state index contributed by atoms with van der Waals surface area (Å²) in [5.74, 6) is 0. The number of fused-ring (bicyclic) bond motifs is 4. The molecule has 2 N–H and O–H groups in total. The SMILES string of the molecule is N#Cc1ccc(N)c2c3c(C#N)cccc(C#N)c-3c-2c1. The van der Waals surface area contributed by atoms with Gasteiger partial charge < -0.3 is 5.73 Å². The summed E-state index contributed by atoms with van der Waals surface area (Å²) in [6, 6.07) is 16.3. The Kier molecular flexibility index (Phi) is 2.69. The van der Waals surface area contributed by atoms with Crippen molar-refractivity contribution in [1.29, 1.82) is 15.8 Å². The van der Waals surface area contributed by atoms with E-state index in [1.807, 2.05) is 0 Å². The van der Waals surface area contributed by atoms with Crippen LogP contribution in [0.15, 0.2) is 36.4 Å². The molecule has 21 heavy (non-hydrogen) atoms. The summed E-state index contributed by atoms with van der Waals surface area (Å²) in [6.45, 7) is 0. The van der Waals surface area contributed by atoms with Gasteiger partial charge in [0.1, 0.15) is 0 Å². The Bertz CT molecular complexity index is 935. The zero-order chi connectivity index (χ0) is 15.0. The smallest absolute Gasteiger partial charge is 0.0998 e. The van der Waals surface area contributed by atoms with E-state index in [-0.39, 0.29) is 0 Å². The third kappa shape index (κ3) is 1.66. The van der Waals surface area contributed by atoms with Crippen LogP contribution >= 0.6 is 0 Å². The van der Waals surface area contributed by atoms with Crippen molar-refractivity contribution >= 4 is 5.69 Å². The molecule has 3 aliphatic carbocycles. The highest BCUT2D eigenvalue weighted by molar-refractivity contribution is 6.10. The van der Waals surface area contributed by atoms with Crippen LogP contribution in [-0.2, 0) is 0 Å². The van der Waals surface area contributed by atoms with Crippen LogP contribution in [0.3, 0.4) is 0 Å². The van der Waals surface area contributed by atoms with Gasteiger partial charge in [0.25, 0.3) is 0 Å². The Hall–Kier alpha value is -3.55. The van der Waals surface area contributed by atoms with Gasteiger partial charge in [-0.25, -0.2) is 0 Å². The second kappa shape index (κ2) is 4.53. The molecule has 0 aromatic carbocycles. The van der Waals surface area contributed by atoms with Crippen molar-refractivity contribution in [3.63, 3.8) is 0 Å². The van der Waals surface area contributed by atoms with E-state index in [9.17, 15) is 10.5 Å². The van der Waals surface area contributed by atoms with E-state index in [0.29, 0.717) is 33.5 Å². The zero-order valence-corrected chi connectivity index (χ0v) is 10.9. The van der Waals surface area contributed by atoms with Gasteiger partial charge in [-0.15, -0.1) is 0 Å². The van der Waals surface area contributed by atoms with Crippen LogP contribution in [0.4, 0.5) is 5.69 Å². The maximum absolute atomic E-state index is 9.31. The molecule has 0 spiro atoms. The number of nitrogens with two attached hydrogens (primary N) is 1. The topological polar surface area (TPSA) is 97.4 Å². The molecule has 4 nitrogen and oxygen atoms in total. The Labute approximate surface area is 121 Å². The predicted octanol–water partition coefficient (Wildman–Crippen LogP) is 3.09. The first kappa shape index (κ1) is 12.5. The maximum atomic E-state index is 9.31. The van der Waals surface area contributed by atoms with Gasteiger partial charge in [0.05, 0.1) is 34.9 Å². The van der Waals surface area contributed by atoms with Crippen molar-refractivity contribution in [3.05, 3.63) is 53.1 Å². The second-order valence-electron chi connectivity index (χ2n) is 4.62. The van der Waals surface area contributed by atoms with Crippen LogP contribution in [0, 0.1) is 34.0 Å². The van der Waals surface area contributed by atoms with E-state index in [1.54, 1.807) is 36.4 Å². The molecule has 0 fully saturated rings. The molecule has 0 aliphatic heterocycles. The Morgan fingerprint density at radius 2 is 1.43 bits per heavy atom. The first-order valence-electron chi connectivity index (χ1n) is 6.19. The monoisotopic (exact) mass is 268 g/mol. The van der Waals surface area contributed by atoms with Crippen molar-refractivity contribution < 1.29 is 0 Å². The molecule has 0 atom stereocenters. The summed E-state index contributed by atoms with van der Waals surface area (Å²) in [7, 11) is 0. The second-order valence-corrected chi connectivity index (χ2v) is 4.62. The van der Waals surface area contributed by atoms with Crippen LogP contribution < -0.4 is 5.73 Å². The normalized spacial score (nSPS) is 9.95. The summed E-state index contributed by atoms with van der Waals surface area (Å²) < 4.78 is 0. The molecule has 0 saturated carbocycles. The van der Waals surface area contributed by atoms with Gasteiger partial charge >= 0.3 is 0 Å². The van der Waals surface area contributed by atoms with Gasteiger partial charge in [-0.3, -0.25) is 0 Å². The molecule has 0 unspecified atom stereocenters. The van der Waals surface area contributed by atoms with E-state index >= 15 is 0 Å². The molecule has 96 valence electrons. The number of hydrogen-bond acceptors (Lipinski definition) is 4. The summed E-state index contributed by atoms with van der Waals surface area (Å²) in [5.41, 5.74) is 10.8. The van der Waals surface area contributed by atoms with Crippen LogP contribution in [0.1, 0.15) is 16.7 Å². The first-order valence-corrected chi connectivity index (χ1v) is 6.19. The molecule has 0 bridgehead atoms. The standard InChI is InChI=1S/C17H8N4/c18-7-10-4-5-14(21)17-13(6-10)15-11(8-19)2-1-3-12(9-20)16(15)17/h1-6H,21H2. The van der Waals surface area contributed by atoms with Crippen molar-refractivity contribution in [2.45, 2.75) is 0 Å². The summed E-state index contributed by atoms with van der Waals surface area (Å²) in [5, 5.41) is 27.7. The summed E-state index contributed by atoms with van der Waals surface area (Å²) in [4.78, 5) is 0. The molecule has 0 saturated heterocycles. The summed E-state index contributed by atoms with van der Waals surface area (Å²) >= 11 is 0. The number of anilines is 1. The van der Waals surface area contributed by atoms with Crippen LogP contribution in [0.2, 0.25) is 0 Å². The zero-order valence-electron chi connectivity index (χ0n) is 10.9. The van der Waals surface area contributed by atoms with Crippen molar-refractivity contribution in [3.8, 4) is 40.5 Å². The minimum atomic E-state index is 0.461. The highest BCUT2D eigenvalue weighted by atomic mass is 14.6. The van der Waals surface area contributed by atoms with Gasteiger partial charge in [-0.05, 0) is 35.9 Å². The summed E-state index contributed by atoms with van der Waals surface area (Å²) in [6.07, 6.45) is 0. The molecule has 0 amide bonds. The number of nitrogen functional groups attached to an aromatic ring is 1. The quantitative estimate of drug-likeness (QED) is 0.677. The largest absolute Gasteiger partial charge is 0.398 e. The number of rotatable bonds is 0. The average Bonchev–Trinajstić information content (AvgIpc) is 2.72. The number of nitrogens with zero attached hydrogens (tertiary/aromatic N) is 3. The molecule has 4 heteroatoms. The number of nitriles is 3. The number of hydrogen-bond donors (Lipinski definition) is 1. The molecular formula is C17H8N4. The third-order valence-electron chi connectivity index (χ3n) is 3.50. The lowest BCUT2D eigenvalue weighted by molar-refractivity contribution is 1.45. The predicted molar refractivity (Wildman–Crippen MR) is 78.2 cm³/mol. The fraction of sp³-hybridized carbons (Fsp3) is 0. The molecule has 0 radical (unpaired) electrons. The Balaban J connectivity index is 2.54. The van der Waals surface area contributed by atoms with E-state index in [2.05, 4.69) is 18.2 Å². The van der Waals surface area contributed by atoms with E-state index in [4.69, 9.17) is 11.0 Å². The van der Waals surface area contributed by atoms with Crippen molar-refractivity contribution in [2.75, 3.05) is 5.73 Å². The molecule has 0 aromatic rings. The van der Waals surface area contributed by atoms with Crippen molar-refractivity contribution in [1.82, 2.24) is 0 Å². The molecular weight excluding hydrogens is 260 g/mol. The fourth-order valence-electron chi connectivity index (χ4n) is 2.58. The lowest BCUT2D eigenvalue weighted by atomic mass is 9.78. The molecule has 3 aliphatic rings. The third-order valence-corrected chi connectivity index (χ3v) is 3.50. The van der Waals surface area contributed by atoms with Gasteiger partial charge in [-0.2, -0.15) is 15.8 Å². The Morgan fingerprint density at radius 1 is 0.762 bits per heavy atom. The van der Waals surface area contributed by atoms with Crippen molar-refractivity contribution in [2.24, 2.45) is 0 Å². The average molecular weight is 268 g/mol. The Morgan fingerprint density at radius 3 is 2.05 bits per heavy atom. The first-order chi connectivity index (χ1) is 10.2. The fourth-order valence-corrected chi connectivity index (χ4v) is 2.58. The lowest BCUT2D eigenvalue weighted by Gasteiger charge is -2.23. The van der Waals surface area contributed by atoms with Gasteiger partial charge in [0, 0.05) is 22.4 Å². The molecule has 0 heterocycles. The lowest BCUT2D eigenvalue weighted by Crippen LogP contribution is -2.03. The minimum absolute atomic E-state index is 0.461. The van der Waals surface area contributed by atoms with Crippen LogP contribution in [-0.4, -0.2) is 0 Å². The van der Waals surface area contributed by atoms with Gasteiger partial charge in [0.2, 0.25) is 0 Å². The van der Waals surface area contributed by atoms with E-state index in [0.717, 1.165) is 11.1 Å². The van der Waals surface area contributed by atoms with Crippen LogP contribution in [0.25, 0.3) is 22.3 Å². The van der Waals surface area contributed by atoms with Crippen LogP contribution in [0.5, 0.6) is 0 Å². The van der Waals surface area contributed by atoms with E-state index in [1.165, 1.54) is 0 Å². The maximum Gasteiger partial charge on any atom is 0.0998 e. The minimum Gasteiger partial charge on any atom is -0.398 e. The van der Waals surface area contributed by atoms with Gasteiger partial charge in [-0.1, -0.05) is 6.07 Å². The van der Waals surface area contributed by atoms with E-state index < -0.39 is 0 Å². The molecule has 3 rings (SSSR count). The highest BCUT2D eigenvalue weighted by Crippen LogP contribution is 2.52.